The number of hydrogen-bond donors (Lipinski definition) is 0. The Bertz CT molecular complexity index is 1060. The maximum absolute atomic E-state index is 13.0. The van der Waals surface area contributed by atoms with Gasteiger partial charge < -0.3 is 0 Å². The molecule has 35 heavy (non-hydrogen) atoms. The SMILES string of the molecule is C=Cc1ccc(CCCCCCCCCCc2ccc(/C=C/C(=O)c3ccc(F)cc3)cc2)cc1. The minimum atomic E-state index is -0.335. The van der Waals surface area contributed by atoms with Crippen LogP contribution in [0.3, 0.4) is 0 Å². The molecule has 1 nitrogen and oxygen atoms in total. The van der Waals surface area contributed by atoms with Gasteiger partial charge in [0.1, 0.15) is 5.82 Å². The van der Waals surface area contributed by atoms with E-state index in [2.05, 4.69) is 55.1 Å². The van der Waals surface area contributed by atoms with E-state index in [1.807, 2.05) is 12.2 Å². The normalized spacial score (nSPS) is 11.1. The average molecular weight is 469 g/mol. The Morgan fingerprint density at radius 3 is 1.57 bits per heavy atom. The van der Waals surface area contributed by atoms with Gasteiger partial charge in [0, 0.05) is 5.56 Å². The lowest BCUT2D eigenvalue weighted by Gasteiger charge is -2.04. The molecule has 0 radical (unpaired) electrons. The van der Waals surface area contributed by atoms with Gasteiger partial charge in [0.15, 0.2) is 5.78 Å². The highest BCUT2D eigenvalue weighted by molar-refractivity contribution is 6.06. The van der Waals surface area contributed by atoms with E-state index in [0.717, 1.165) is 12.0 Å². The Morgan fingerprint density at radius 2 is 1.09 bits per heavy atom. The highest BCUT2D eigenvalue weighted by atomic mass is 19.1. The molecule has 0 fully saturated rings. The molecule has 182 valence electrons. The predicted octanol–water partition coefficient (Wildman–Crippen LogP) is 9.27. The van der Waals surface area contributed by atoms with E-state index in [0.29, 0.717) is 5.56 Å². The molecule has 0 unspecified atom stereocenters. The van der Waals surface area contributed by atoms with Gasteiger partial charge in [0.05, 0.1) is 0 Å². The van der Waals surface area contributed by atoms with Gasteiger partial charge in [-0.25, -0.2) is 4.39 Å². The van der Waals surface area contributed by atoms with Gasteiger partial charge in [-0.05, 0) is 78.3 Å². The summed E-state index contributed by atoms with van der Waals surface area (Å²) in [6.07, 6.45) is 17.9. The smallest absolute Gasteiger partial charge is 0.185 e. The fraction of sp³-hybridized carbons (Fsp3) is 0.303. The summed E-state index contributed by atoms with van der Waals surface area (Å²) in [4.78, 5) is 12.2. The van der Waals surface area contributed by atoms with Crippen LogP contribution in [0.15, 0.2) is 85.5 Å². The van der Waals surface area contributed by atoms with Crippen molar-refractivity contribution in [3.8, 4) is 0 Å². The van der Waals surface area contributed by atoms with E-state index in [9.17, 15) is 9.18 Å². The third kappa shape index (κ3) is 9.86. The maximum Gasteiger partial charge on any atom is 0.185 e. The quantitative estimate of drug-likeness (QED) is 0.123. The Balaban J connectivity index is 1.22. The standard InChI is InChI=1S/C33H37FO/c1-2-27-13-15-28(16-14-27)11-9-7-5-3-4-6-8-10-12-29-17-19-30(20-18-29)21-26-33(35)31-22-24-32(34)25-23-31/h2,13-26H,1,3-12H2/b26-21+. The summed E-state index contributed by atoms with van der Waals surface area (Å²) >= 11 is 0. The number of carbonyl (C=O) groups excluding carboxylic acids is 1. The molecular formula is C33H37FO. The fourth-order valence-corrected chi connectivity index (χ4v) is 4.22. The number of halogens is 1. The van der Waals surface area contributed by atoms with Crippen LogP contribution >= 0.6 is 0 Å². The molecule has 2 heteroatoms. The summed E-state index contributed by atoms with van der Waals surface area (Å²) in [6, 6.07) is 22.8. The Kier molecular flexibility index (Phi) is 11.2. The van der Waals surface area contributed by atoms with Gasteiger partial charge in [0.25, 0.3) is 0 Å². The summed E-state index contributed by atoms with van der Waals surface area (Å²) in [5.41, 5.74) is 5.45. The maximum atomic E-state index is 13.0. The molecular weight excluding hydrogens is 431 g/mol. The molecule has 0 N–H and O–H groups in total. The Hall–Kier alpha value is -3.26. The van der Waals surface area contributed by atoms with Gasteiger partial charge in [-0.15, -0.1) is 0 Å². The lowest BCUT2D eigenvalue weighted by Crippen LogP contribution is -1.93. The molecule has 0 atom stereocenters. The van der Waals surface area contributed by atoms with E-state index in [1.54, 1.807) is 6.08 Å². The van der Waals surface area contributed by atoms with Crippen molar-refractivity contribution in [2.75, 3.05) is 0 Å². The van der Waals surface area contributed by atoms with Crippen molar-refractivity contribution < 1.29 is 9.18 Å². The number of ketones is 1. The minimum absolute atomic E-state index is 0.118. The summed E-state index contributed by atoms with van der Waals surface area (Å²) in [5, 5.41) is 0. The van der Waals surface area contributed by atoms with Crippen LogP contribution < -0.4 is 0 Å². The summed E-state index contributed by atoms with van der Waals surface area (Å²) in [7, 11) is 0. The number of rotatable bonds is 15. The molecule has 0 amide bonds. The van der Waals surface area contributed by atoms with Gasteiger partial charge in [0.2, 0.25) is 0 Å². The van der Waals surface area contributed by atoms with Gasteiger partial charge in [-0.3, -0.25) is 4.79 Å². The van der Waals surface area contributed by atoms with Crippen molar-refractivity contribution in [1.82, 2.24) is 0 Å². The first-order chi connectivity index (χ1) is 17.1. The molecule has 0 aliphatic heterocycles. The van der Waals surface area contributed by atoms with Crippen LogP contribution in [-0.4, -0.2) is 5.78 Å². The van der Waals surface area contributed by atoms with Crippen molar-refractivity contribution in [1.29, 1.82) is 0 Å². The van der Waals surface area contributed by atoms with Crippen LogP contribution in [0, 0.1) is 5.82 Å². The van der Waals surface area contributed by atoms with Gasteiger partial charge in [-0.1, -0.05) is 106 Å². The van der Waals surface area contributed by atoms with E-state index in [1.165, 1.54) is 98.7 Å². The largest absolute Gasteiger partial charge is 0.289 e. The number of benzene rings is 3. The first-order valence-corrected chi connectivity index (χ1v) is 12.9. The Morgan fingerprint density at radius 1 is 0.629 bits per heavy atom. The zero-order valence-electron chi connectivity index (χ0n) is 20.7. The molecule has 3 aromatic carbocycles. The average Bonchev–Trinajstić information content (AvgIpc) is 2.89. The second-order valence-corrected chi connectivity index (χ2v) is 9.22. The molecule has 0 heterocycles. The summed E-state index contributed by atoms with van der Waals surface area (Å²) in [6.45, 7) is 3.80. The molecule has 0 saturated heterocycles. The highest BCUT2D eigenvalue weighted by Crippen LogP contribution is 2.15. The molecule has 0 aliphatic rings. The molecule has 3 rings (SSSR count). The van der Waals surface area contributed by atoms with Crippen molar-refractivity contribution in [2.45, 2.75) is 64.2 Å². The van der Waals surface area contributed by atoms with Crippen LogP contribution in [-0.2, 0) is 12.8 Å². The van der Waals surface area contributed by atoms with Crippen LogP contribution in [0.2, 0.25) is 0 Å². The van der Waals surface area contributed by atoms with Crippen molar-refractivity contribution in [3.63, 3.8) is 0 Å². The van der Waals surface area contributed by atoms with Gasteiger partial charge >= 0.3 is 0 Å². The van der Waals surface area contributed by atoms with Crippen LogP contribution in [0.4, 0.5) is 4.39 Å². The minimum Gasteiger partial charge on any atom is -0.289 e. The van der Waals surface area contributed by atoms with E-state index in [-0.39, 0.29) is 11.6 Å². The molecule has 3 aromatic rings. The van der Waals surface area contributed by atoms with E-state index < -0.39 is 0 Å². The van der Waals surface area contributed by atoms with Crippen LogP contribution in [0.1, 0.15) is 84.0 Å². The number of aryl methyl sites for hydroxylation is 2. The zero-order chi connectivity index (χ0) is 24.7. The zero-order valence-corrected chi connectivity index (χ0v) is 20.7. The molecule has 0 saturated carbocycles. The summed E-state index contributed by atoms with van der Waals surface area (Å²) < 4.78 is 13.0. The first-order valence-electron chi connectivity index (χ1n) is 12.9. The lowest BCUT2D eigenvalue weighted by molar-refractivity contribution is 0.104. The number of unbranched alkanes of at least 4 members (excludes halogenated alkanes) is 7. The van der Waals surface area contributed by atoms with Crippen LogP contribution in [0.25, 0.3) is 12.2 Å². The summed E-state index contributed by atoms with van der Waals surface area (Å²) in [5.74, 6) is -0.452. The third-order valence-corrected chi connectivity index (χ3v) is 6.43. The topological polar surface area (TPSA) is 17.1 Å². The first kappa shape index (κ1) is 26.3. The number of allylic oxidation sites excluding steroid dienone is 1. The molecule has 0 aliphatic carbocycles. The monoisotopic (exact) mass is 468 g/mol. The Labute approximate surface area is 210 Å². The van der Waals surface area contributed by atoms with Gasteiger partial charge in [-0.2, -0.15) is 0 Å². The van der Waals surface area contributed by atoms with Crippen molar-refractivity contribution in [3.05, 3.63) is 119 Å². The van der Waals surface area contributed by atoms with Crippen molar-refractivity contribution in [2.24, 2.45) is 0 Å². The molecule has 0 aromatic heterocycles. The molecule has 0 spiro atoms. The second-order valence-electron chi connectivity index (χ2n) is 9.22. The fourth-order valence-electron chi connectivity index (χ4n) is 4.22. The second kappa shape index (κ2) is 14.9. The van der Waals surface area contributed by atoms with E-state index in [4.69, 9.17) is 0 Å². The third-order valence-electron chi connectivity index (χ3n) is 6.43. The van der Waals surface area contributed by atoms with Crippen LogP contribution in [0.5, 0.6) is 0 Å². The van der Waals surface area contributed by atoms with E-state index >= 15 is 0 Å². The lowest BCUT2D eigenvalue weighted by atomic mass is 10.0. The number of carbonyl (C=O) groups is 1. The highest BCUT2D eigenvalue weighted by Gasteiger charge is 2.02. The predicted molar refractivity (Wildman–Crippen MR) is 147 cm³/mol. The number of hydrogen-bond acceptors (Lipinski definition) is 1. The molecule has 0 bridgehead atoms. The van der Waals surface area contributed by atoms with Crippen molar-refractivity contribution >= 4 is 17.9 Å².